The second-order valence-electron chi connectivity index (χ2n) is 8.47. The molecular formula is C25H29N3O3. The normalized spacial score (nSPS) is 18.9. The Morgan fingerprint density at radius 2 is 1.68 bits per heavy atom. The van der Waals surface area contributed by atoms with Gasteiger partial charge >= 0.3 is 0 Å². The molecule has 31 heavy (non-hydrogen) atoms. The summed E-state index contributed by atoms with van der Waals surface area (Å²) < 4.78 is 0. The molecule has 0 unspecified atom stereocenters. The Bertz CT molecular complexity index is 938. The lowest BCUT2D eigenvalue weighted by atomic mass is 10.1. The number of anilines is 1. The third kappa shape index (κ3) is 5.32. The molecule has 1 atom stereocenters. The smallest absolute Gasteiger partial charge is 0.253 e. The summed E-state index contributed by atoms with van der Waals surface area (Å²) in [7, 11) is 0. The van der Waals surface area contributed by atoms with Crippen LogP contribution in [0.4, 0.5) is 5.69 Å². The lowest BCUT2D eigenvalue weighted by Gasteiger charge is -2.18. The van der Waals surface area contributed by atoms with Crippen LogP contribution in [-0.2, 0) is 16.0 Å². The van der Waals surface area contributed by atoms with Gasteiger partial charge in [0, 0.05) is 25.6 Å². The SMILES string of the molecule is O=C(NC1CCCC1)c1ccccc1NC(=O)[C@H]1CC(=O)N(CCc2ccccc2)C1. The number of hydrogen-bond acceptors (Lipinski definition) is 3. The van der Waals surface area contributed by atoms with Gasteiger partial charge in [-0.25, -0.2) is 0 Å². The van der Waals surface area contributed by atoms with Gasteiger partial charge in [0.05, 0.1) is 17.2 Å². The highest BCUT2D eigenvalue weighted by Crippen LogP contribution is 2.23. The minimum Gasteiger partial charge on any atom is -0.349 e. The van der Waals surface area contributed by atoms with E-state index in [1.807, 2.05) is 30.3 Å². The van der Waals surface area contributed by atoms with Gasteiger partial charge in [0.2, 0.25) is 11.8 Å². The minimum atomic E-state index is -0.408. The van der Waals surface area contributed by atoms with E-state index in [1.54, 1.807) is 29.2 Å². The Hall–Kier alpha value is -3.15. The van der Waals surface area contributed by atoms with Crippen LogP contribution in [0.15, 0.2) is 54.6 Å². The average Bonchev–Trinajstić information content (AvgIpc) is 3.43. The first kappa shape index (κ1) is 21.1. The van der Waals surface area contributed by atoms with E-state index in [9.17, 15) is 14.4 Å². The second-order valence-corrected chi connectivity index (χ2v) is 8.47. The number of benzene rings is 2. The number of nitrogens with one attached hydrogen (secondary N) is 2. The Balaban J connectivity index is 1.35. The summed E-state index contributed by atoms with van der Waals surface area (Å²) in [6.07, 6.45) is 5.26. The van der Waals surface area contributed by atoms with Gasteiger partial charge in [0.25, 0.3) is 5.91 Å². The van der Waals surface area contributed by atoms with Crippen molar-refractivity contribution in [3.05, 3.63) is 65.7 Å². The summed E-state index contributed by atoms with van der Waals surface area (Å²) in [5, 5.41) is 5.97. The van der Waals surface area contributed by atoms with Crippen molar-refractivity contribution >= 4 is 23.4 Å². The van der Waals surface area contributed by atoms with E-state index < -0.39 is 5.92 Å². The average molecular weight is 420 g/mol. The van der Waals surface area contributed by atoms with Crippen molar-refractivity contribution in [2.45, 2.75) is 44.6 Å². The van der Waals surface area contributed by atoms with Crippen LogP contribution in [0.1, 0.15) is 48.0 Å². The maximum absolute atomic E-state index is 12.9. The highest BCUT2D eigenvalue weighted by Gasteiger charge is 2.34. The fourth-order valence-corrected chi connectivity index (χ4v) is 4.43. The number of carbonyl (C=O) groups is 3. The van der Waals surface area contributed by atoms with Crippen LogP contribution < -0.4 is 10.6 Å². The standard InChI is InChI=1S/C25H29N3O3/c29-23-16-19(17-28(23)15-14-18-8-2-1-3-9-18)24(30)27-22-13-7-6-12-21(22)25(31)26-20-10-4-5-11-20/h1-3,6-9,12-13,19-20H,4-5,10-11,14-17H2,(H,26,31)(H,27,30)/t19-/m0/s1. The molecule has 1 saturated carbocycles. The van der Waals surface area contributed by atoms with Crippen molar-refractivity contribution < 1.29 is 14.4 Å². The third-order valence-corrected chi connectivity index (χ3v) is 6.22. The van der Waals surface area contributed by atoms with Crippen LogP contribution in [-0.4, -0.2) is 41.8 Å². The maximum atomic E-state index is 12.9. The number of nitrogens with zero attached hydrogens (tertiary/aromatic N) is 1. The van der Waals surface area contributed by atoms with Crippen molar-refractivity contribution in [2.75, 3.05) is 18.4 Å². The summed E-state index contributed by atoms with van der Waals surface area (Å²) in [4.78, 5) is 39.8. The van der Waals surface area contributed by atoms with Crippen LogP contribution in [0.5, 0.6) is 0 Å². The van der Waals surface area contributed by atoms with E-state index >= 15 is 0 Å². The molecule has 0 spiro atoms. The molecule has 2 fully saturated rings. The fraction of sp³-hybridized carbons (Fsp3) is 0.400. The van der Waals surface area contributed by atoms with Gasteiger partial charge in [0.1, 0.15) is 0 Å². The van der Waals surface area contributed by atoms with Crippen LogP contribution in [0.3, 0.4) is 0 Å². The van der Waals surface area contributed by atoms with Crippen molar-refractivity contribution in [1.82, 2.24) is 10.2 Å². The predicted octanol–water partition coefficient (Wildman–Crippen LogP) is 3.39. The Morgan fingerprint density at radius 1 is 0.968 bits per heavy atom. The Morgan fingerprint density at radius 3 is 2.45 bits per heavy atom. The fourth-order valence-electron chi connectivity index (χ4n) is 4.43. The van der Waals surface area contributed by atoms with Crippen molar-refractivity contribution in [1.29, 1.82) is 0 Å². The van der Waals surface area contributed by atoms with Crippen molar-refractivity contribution in [3.63, 3.8) is 0 Å². The summed E-state index contributed by atoms with van der Waals surface area (Å²) in [5.74, 6) is -0.774. The van der Waals surface area contributed by atoms with E-state index in [4.69, 9.17) is 0 Å². The molecule has 6 nitrogen and oxygen atoms in total. The maximum Gasteiger partial charge on any atom is 0.253 e. The van der Waals surface area contributed by atoms with Crippen LogP contribution in [0.25, 0.3) is 0 Å². The monoisotopic (exact) mass is 419 g/mol. The third-order valence-electron chi connectivity index (χ3n) is 6.22. The molecule has 1 aliphatic carbocycles. The largest absolute Gasteiger partial charge is 0.349 e. The lowest BCUT2D eigenvalue weighted by molar-refractivity contribution is -0.128. The first-order chi connectivity index (χ1) is 15.1. The Labute approximate surface area is 183 Å². The quantitative estimate of drug-likeness (QED) is 0.722. The number of amides is 3. The topological polar surface area (TPSA) is 78.5 Å². The molecule has 0 bridgehead atoms. The number of hydrogen-bond donors (Lipinski definition) is 2. The molecule has 6 heteroatoms. The van der Waals surface area contributed by atoms with Gasteiger partial charge in [-0.05, 0) is 37.0 Å². The number of para-hydroxylation sites is 1. The van der Waals surface area contributed by atoms with Crippen LogP contribution in [0, 0.1) is 5.92 Å². The number of carbonyl (C=O) groups excluding carboxylic acids is 3. The zero-order valence-electron chi connectivity index (χ0n) is 17.7. The summed E-state index contributed by atoms with van der Waals surface area (Å²) in [6, 6.07) is 17.3. The first-order valence-corrected chi connectivity index (χ1v) is 11.1. The first-order valence-electron chi connectivity index (χ1n) is 11.1. The Kier molecular flexibility index (Phi) is 6.65. The minimum absolute atomic E-state index is 0.00310. The zero-order chi connectivity index (χ0) is 21.6. The molecule has 2 aromatic rings. The van der Waals surface area contributed by atoms with E-state index in [-0.39, 0.29) is 30.2 Å². The summed E-state index contributed by atoms with van der Waals surface area (Å²) in [5.41, 5.74) is 2.14. The molecule has 2 aromatic carbocycles. The van der Waals surface area contributed by atoms with E-state index in [2.05, 4.69) is 10.6 Å². The van der Waals surface area contributed by atoms with Gasteiger partial charge in [0.15, 0.2) is 0 Å². The highest BCUT2D eigenvalue weighted by atomic mass is 16.2. The molecule has 162 valence electrons. The summed E-state index contributed by atoms with van der Waals surface area (Å²) >= 11 is 0. The predicted molar refractivity (Wildman–Crippen MR) is 120 cm³/mol. The molecule has 1 heterocycles. The van der Waals surface area contributed by atoms with E-state index in [1.165, 1.54) is 5.56 Å². The van der Waals surface area contributed by atoms with Crippen LogP contribution >= 0.6 is 0 Å². The van der Waals surface area contributed by atoms with E-state index in [0.29, 0.717) is 24.3 Å². The number of rotatable bonds is 7. The number of likely N-dealkylation sites (tertiary alicyclic amines) is 1. The van der Waals surface area contributed by atoms with Gasteiger partial charge in [-0.1, -0.05) is 55.3 Å². The lowest BCUT2D eigenvalue weighted by Crippen LogP contribution is -2.34. The molecular weight excluding hydrogens is 390 g/mol. The molecule has 1 aliphatic heterocycles. The molecule has 1 saturated heterocycles. The van der Waals surface area contributed by atoms with Crippen LogP contribution in [0.2, 0.25) is 0 Å². The molecule has 3 amide bonds. The summed E-state index contributed by atoms with van der Waals surface area (Å²) in [6.45, 7) is 1.01. The highest BCUT2D eigenvalue weighted by molar-refractivity contribution is 6.05. The molecule has 2 aliphatic rings. The van der Waals surface area contributed by atoms with E-state index in [0.717, 1.165) is 32.1 Å². The van der Waals surface area contributed by atoms with Gasteiger partial charge in [-0.2, -0.15) is 0 Å². The van der Waals surface area contributed by atoms with Crippen molar-refractivity contribution in [2.24, 2.45) is 5.92 Å². The zero-order valence-corrected chi connectivity index (χ0v) is 17.7. The van der Waals surface area contributed by atoms with Gasteiger partial charge in [-0.15, -0.1) is 0 Å². The second kappa shape index (κ2) is 9.77. The molecule has 4 rings (SSSR count). The molecule has 0 aromatic heterocycles. The molecule has 2 N–H and O–H groups in total. The van der Waals surface area contributed by atoms with Crippen molar-refractivity contribution in [3.8, 4) is 0 Å². The van der Waals surface area contributed by atoms with Gasteiger partial charge in [-0.3, -0.25) is 14.4 Å². The molecule has 0 radical (unpaired) electrons. The van der Waals surface area contributed by atoms with Gasteiger partial charge < -0.3 is 15.5 Å².